The van der Waals surface area contributed by atoms with Gasteiger partial charge in [-0.15, -0.1) is 0 Å². The van der Waals surface area contributed by atoms with Crippen molar-refractivity contribution in [2.24, 2.45) is 5.92 Å². The zero-order chi connectivity index (χ0) is 26.5. The van der Waals surface area contributed by atoms with E-state index in [1.54, 1.807) is 43.5 Å². The van der Waals surface area contributed by atoms with Crippen LogP contribution >= 0.6 is 0 Å². The van der Waals surface area contributed by atoms with E-state index < -0.39 is 35.1 Å². The Morgan fingerprint density at radius 1 is 0.973 bits per heavy atom. The molecule has 37 heavy (non-hydrogen) atoms. The minimum atomic E-state index is -2.06. The predicted octanol–water partition coefficient (Wildman–Crippen LogP) is 3.19. The summed E-state index contributed by atoms with van der Waals surface area (Å²) >= 11 is 0. The third-order valence-electron chi connectivity index (χ3n) is 7.72. The molecule has 2 N–H and O–H groups in total. The van der Waals surface area contributed by atoms with Gasteiger partial charge in [-0.1, -0.05) is 42.5 Å². The SMILES string of the molecule is COC(=O)[C@H]1[C@@H](O)[C@@]2(O)c3c(OC)cc(N(C)C)cc3O[C@@]2(c2ccc(OC)cc2)[C@@H]1c1ccccc1. The molecule has 0 unspecified atom stereocenters. The van der Waals surface area contributed by atoms with Gasteiger partial charge in [0.2, 0.25) is 0 Å². The molecule has 0 radical (unpaired) electrons. The van der Waals surface area contributed by atoms with Crippen LogP contribution in [-0.4, -0.2) is 57.7 Å². The molecule has 2 aliphatic rings. The van der Waals surface area contributed by atoms with Crippen LogP contribution in [0.15, 0.2) is 66.7 Å². The van der Waals surface area contributed by atoms with Crippen LogP contribution in [0.25, 0.3) is 0 Å². The molecule has 194 valence electrons. The molecule has 0 aromatic heterocycles. The van der Waals surface area contributed by atoms with Crippen LogP contribution in [0.4, 0.5) is 5.69 Å². The molecule has 5 rings (SSSR count). The summed E-state index contributed by atoms with van der Waals surface area (Å²) in [5.74, 6) is -1.27. The molecule has 5 atom stereocenters. The van der Waals surface area contributed by atoms with Crippen LogP contribution in [-0.2, 0) is 20.7 Å². The summed E-state index contributed by atoms with van der Waals surface area (Å²) in [6, 6.07) is 20.0. The van der Waals surface area contributed by atoms with Crippen molar-refractivity contribution in [1.82, 2.24) is 0 Å². The average molecular weight is 506 g/mol. The zero-order valence-corrected chi connectivity index (χ0v) is 21.5. The number of carbonyl (C=O) groups is 1. The molecular formula is C29H31NO7. The number of esters is 1. The van der Waals surface area contributed by atoms with Crippen LogP contribution in [0.3, 0.4) is 0 Å². The summed E-state index contributed by atoms with van der Waals surface area (Å²) in [6.45, 7) is 0. The summed E-state index contributed by atoms with van der Waals surface area (Å²) in [6.07, 6.45) is -1.58. The number of anilines is 1. The molecule has 8 heteroatoms. The zero-order valence-electron chi connectivity index (χ0n) is 21.5. The first-order valence-corrected chi connectivity index (χ1v) is 12.0. The van der Waals surface area contributed by atoms with Gasteiger partial charge < -0.3 is 34.1 Å². The van der Waals surface area contributed by atoms with E-state index in [-0.39, 0.29) is 5.56 Å². The van der Waals surface area contributed by atoms with Gasteiger partial charge in [0.25, 0.3) is 0 Å². The largest absolute Gasteiger partial charge is 0.497 e. The molecule has 0 spiro atoms. The van der Waals surface area contributed by atoms with Gasteiger partial charge in [-0.3, -0.25) is 4.79 Å². The van der Waals surface area contributed by atoms with E-state index >= 15 is 0 Å². The lowest BCUT2D eigenvalue weighted by atomic mass is 9.70. The monoisotopic (exact) mass is 505 g/mol. The summed E-state index contributed by atoms with van der Waals surface area (Å²) in [7, 11) is 8.12. The van der Waals surface area contributed by atoms with Crippen LogP contribution in [0.5, 0.6) is 17.2 Å². The fourth-order valence-electron chi connectivity index (χ4n) is 6.05. The van der Waals surface area contributed by atoms with Crippen LogP contribution in [0.1, 0.15) is 22.6 Å². The number of ether oxygens (including phenoxy) is 4. The number of rotatable bonds is 6. The molecule has 1 saturated carbocycles. The molecule has 8 nitrogen and oxygen atoms in total. The number of methoxy groups -OCH3 is 3. The van der Waals surface area contributed by atoms with Crippen LogP contribution in [0, 0.1) is 5.92 Å². The van der Waals surface area contributed by atoms with Crippen molar-refractivity contribution in [3.05, 3.63) is 83.4 Å². The topological polar surface area (TPSA) is 97.7 Å². The number of benzene rings is 3. The molecular weight excluding hydrogens is 474 g/mol. The standard InChI is InChI=1S/C29H31NO7/c1-30(2)19-15-21(35-4)25-22(16-19)37-29(18-11-13-20(34-3)14-12-18)24(17-9-7-6-8-10-17)23(27(32)36-5)26(31)28(25,29)33/h6-16,23-24,26,31,33H,1-5H3/t23-,24-,26-,28+,29+/m1/s1. The average Bonchev–Trinajstić information content (AvgIpc) is 3.30. The fourth-order valence-corrected chi connectivity index (χ4v) is 6.05. The van der Waals surface area contributed by atoms with E-state index in [4.69, 9.17) is 18.9 Å². The minimum absolute atomic E-state index is 0.288. The quantitative estimate of drug-likeness (QED) is 0.493. The maximum Gasteiger partial charge on any atom is 0.312 e. The second-order valence-electron chi connectivity index (χ2n) is 9.63. The highest BCUT2D eigenvalue weighted by Crippen LogP contribution is 2.70. The van der Waals surface area contributed by atoms with E-state index in [1.807, 2.05) is 49.3 Å². The van der Waals surface area contributed by atoms with E-state index in [2.05, 4.69) is 0 Å². The molecule has 0 saturated heterocycles. The smallest absolute Gasteiger partial charge is 0.312 e. The third-order valence-corrected chi connectivity index (χ3v) is 7.72. The number of hydrogen-bond acceptors (Lipinski definition) is 8. The molecule has 1 aliphatic carbocycles. The predicted molar refractivity (Wildman–Crippen MR) is 137 cm³/mol. The Bertz CT molecular complexity index is 1310. The summed E-state index contributed by atoms with van der Waals surface area (Å²) in [4.78, 5) is 15.2. The van der Waals surface area contributed by atoms with E-state index in [1.165, 1.54) is 14.2 Å². The Balaban J connectivity index is 1.88. The Morgan fingerprint density at radius 3 is 2.22 bits per heavy atom. The fraction of sp³-hybridized carbons (Fsp3) is 0.345. The summed E-state index contributed by atoms with van der Waals surface area (Å²) < 4.78 is 23.1. The molecule has 0 bridgehead atoms. The second-order valence-corrected chi connectivity index (χ2v) is 9.63. The van der Waals surface area contributed by atoms with E-state index in [9.17, 15) is 15.0 Å². The third kappa shape index (κ3) is 3.32. The van der Waals surface area contributed by atoms with Crippen LogP contribution in [0.2, 0.25) is 0 Å². The van der Waals surface area contributed by atoms with Crippen LogP contribution < -0.4 is 19.1 Å². The van der Waals surface area contributed by atoms with Gasteiger partial charge in [0.15, 0.2) is 11.2 Å². The van der Waals surface area contributed by atoms with Crippen molar-refractivity contribution in [2.75, 3.05) is 40.3 Å². The van der Waals surface area contributed by atoms with Gasteiger partial charge in [0.05, 0.1) is 32.8 Å². The maximum atomic E-state index is 13.3. The van der Waals surface area contributed by atoms with E-state index in [0.717, 1.165) is 5.69 Å². The van der Waals surface area contributed by atoms with Gasteiger partial charge in [0, 0.05) is 37.8 Å². The molecule has 0 amide bonds. The number of aliphatic hydroxyl groups is 2. The van der Waals surface area contributed by atoms with Crippen molar-refractivity contribution >= 4 is 11.7 Å². The van der Waals surface area contributed by atoms with Crippen molar-refractivity contribution < 1.29 is 34.0 Å². The highest BCUT2D eigenvalue weighted by molar-refractivity contribution is 5.78. The van der Waals surface area contributed by atoms with Gasteiger partial charge in [-0.05, 0) is 23.3 Å². The normalized spacial score (nSPS) is 27.6. The van der Waals surface area contributed by atoms with Crippen molar-refractivity contribution in [2.45, 2.75) is 23.2 Å². The Hall–Kier alpha value is -3.75. The highest BCUT2D eigenvalue weighted by atomic mass is 16.5. The first kappa shape index (κ1) is 24.9. The molecule has 1 fully saturated rings. The number of nitrogens with zero attached hydrogens (tertiary/aromatic N) is 1. The Morgan fingerprint density at radius 2 is 1.65 bits per heavy atom. The number of carbonyl (C=O) groups excluding carboxylic acids is 1. The summed E-state index contributed by atoms with van der Waals surface area (Å²) in [5.41, 5.74) is -1.30. The van der Waals surface area contributed by atoms with Crippen molar-refractivity contribution in [3.8, 4) is 17.2 Å². The number of fused-ring (bicyclic) bond motifs is 3. The number of aliphatic hydroxyl groups excluding tert-OH is 1. The van der Waals surface area contributed by atoms with Gasteiger partial charge in [-0.25, -0.2) is 0 Å². The molecule has 3 aromatic carbocycles. The lowest BCUT2D eigenvalue weighted by Gasteiger charge is -2.40. The molecule has 1 heterocycles. The van der Waals surface area contributed by atoms with Gasteiger partial charge in [-0.2, -0.15) is 0 Å². The van der Waals surface area contributed by atoms with Crippen molar-refractivity contribution in [3.63, 3.8) is 0 Å². The van der Waals surface area contributed by atoms with E-state index in [0.29, 0.717) is 28.4 Å². The molecule has 1 aliphatic heterocycles. The lowest BCUT2D eigenvalue weighted by molar-refractivity contribution is -0.161. The first-order chi connectivity index (χ1) is 17.7. The lowest BCUT2D eigenvalue weighted by Crippen LogP contribution is -2.52. The minimum Gasteiger partial charge on any atom is -0.497 e. The Kier molecular flexibility index (Phi) is 6.04. The van der Waals surface area contributed by atoms with Gasteiger partial charge in [0.1, 0.15) is 23.4 Å². The van der Waals surface area contributed by atoms with Gasteiger partial charge >= 0.3 is 5.97 Å². The first-order valence-electron chi connectivity index (χ1n) is 12.0. The highest BCUT2D eigenvalue weighted by Gasteiger charge is 2.78. The maximum absolute atomic E-state index is 13.3. The number of hydrogen-bond donors (Lipinski definition) is 2. The molecule has 3 aromatic rings. The Labute approximate surface area is 216 Å². The second kappa shape index (κ2) is 8.97. The summed E-state index contributed by atoms with van der Waals surface area (Å²) in [5, 5.41) is 24.7. The van der Waals surface area contributed by atoms with Crippen molar-refractivity contribution in [1.29, 1.82) is 0 Å².